The van der Waals surface area contributed by atoms with E-state index < -0.39 is 28.4 Å². The van der Waals surface area contributed by atoms with Gasteiger partial charge in [-0.05, 0) is 59.7 Å². The van der Waals surface area contributed by atoms with Crippen LogP contribution in [0.25, 0.3) is 11.1 Å². The first-order valence-corrected chi connectivity index (χ1v) is 11.4. The van der Waals surface area contributed by atoms with E-state index in [9.17, 15) is 17.6 Å². The molecule has 3 aromatic rings. The lowest BCUT2D eigenvalue weighted by atomic mass is 10.0. The SMILES string of the molecule is CN(Cc1ccc(OCC(=O)O)c(-c2cccc(Br)c2)c1)S(=O)(=O)c1ccc(F)cc1. The number of ether oxygens (including phenoxy) is 1. The molecule has 0 unspecified atom stereocenters. The van der Waals surface area contributed by atoms with Crippen molar-refractivity contribution in [2.45, 2.75) is 11.4 Å². The lowest BCUT2D eigenvalue weighted by Crippen LogP contribution is -2.26. The van der Waals surface area contributed by atoms with Crippen molar-refractivity contribution in [3.05, 3.63) is 82.6 Å². The Morgan fingerprint density at radius 2 is 1.81 bits per heavy atom. The van der Waals surface area contributed by atoms with E-state index in [2.05, 4.69) is 15.9 Å². The maximum absolute atomic E-state index is 13.1. The van der Waals surface area contributed by atoms with Crippen LogP contribution in [0.4, 0.5) is 4.39 Å². The summed E-state index contributed by atoms with van der Waals surface area (Å²) in [4.78, 5) is 10.9. The average molecular weight is 508 g/mol. The van der Waals surface area contributed by atoms with Crippen molar-refractivity contribution < 1.29 is 27.4 Å². The van der Waals surface area contributed by atoms with Gasteiger partial charge in [-0.3, -0.25) is 0 Å². The molecule has 9 heteroatoms. The molecule has 162 valence electrons. The summed E-state index contributed by atoms with van der Waals surface area (Å²) in [6.07, 6.45) is 0. The molecule has 0 saturated carbocycles. The van der Waals surface area contributed by atoms with Gasteiger partial charge in [-0.2, -0.15) is 4.31 Å². The molecule has 0 amide bonds. The third-order valence-corrected chi connectivity index (χ3v) is 6.77. The molecule has 0 aromatic heterocycles. The van der Waals surface area contributed by atoms with E-state index in [4.69, 9.17) is 9.84 Å². The van der Waals surface area contributed by atoms with Crippen molar-refractivity contribution in [3.63, 3.8) is 0 Å². The van der Waals surface area contributed by atoms with Crippen molar-refractivity contribution >= 4 is 31.9 Å². The van der Waals surface area contributed by atoms with Gasteiger partial charge in [0, 0.05) is 23.6 Å². The molecule has 0 saturated heterocycles. The van der Waals surface area contributed by atoms with E-state index in [0.717, 1.165) is 26.5 Å². The van der Waals surface area contributed by atoms with Gasteiger partial charge in [0.2, 0.25) is 10.0 Å². The van der Waals surface area contributed by atoms with Gasteiger partial charge in [-0.15, -0.1) is 0 Å². The summed E-state index contributed by atoms with van der Waals surface area (Å²) in [6, 6.07) is 17.1. The first-order chi connectivity index (χ1) is 14.7. The summed E-state index contributed by atoms with van der Waals surface area (Å²) < 4.78 is 46.2. The van der Waals surface area contributed by atoms with Crippen molar-refractivity contribution in [3.8, 4) is 16.9 Å². The minimum Gasteiger partial charge on any atom is -0.481 e. The summed E-state index contributed by atoms with van der Waals surface area (Å²) in [5.41, 5.74) is 2.08. The molecule has 0 radical (unpaired) electrons. The van der Waals surface area contributed by atoms with Crippen LogP contribution < -0.4 is 4.74 Å². The molecule has 31 heavy (non-hydrogen) atoms. The fourth-order valence-corrected chi connectivity index (χ4v) is 4.51. The number of benzene rings is 3. The molecule has 6 nitrogen and oxygen atoms in total. The van der Waals surface area contributed by atoms with Crippen LogP contribution in [0.1, 0.15) is 5.56 Å². The highest BCUT2D eigenvalue weighted by Crippen LogP contribution is 2.33. The number of hydrogen-bond acceptors (Lipinski definition) is 4. The van der Waals surface area contributed by atoms with Crippen LogP contribution >= 0.6 is 15.9 Å². The van der Waals surface area contributed by atoms with Crippen LogP contribution in [0.2, 0.25) is 0 Å². The van der Waals surface area contributed by atoms with Crippen LogP contribution in [-0.2, 0) is 21.4 Å². The van der Waals surface area contributed by atoms with Gasteiger partial charge in [0.25, 0.3) is 0 Å². The number of carbonyl (C=O) groups is 1. The number of rotatable bonds is 8. The van der Waals surface area contributed by atoms with Crippen molar-refractivity contribution in [2.24, 2.45) is 0 Å². The van der Waals surface area contributed by atoms with Gasteiger partial charge in [0.05, 0.1) is 4.90 Å². The molecular weight excluding hydrogens is 489 g/mol. The highest BCUT2D eigenvalue weighted by atomic mass is 79.9. The summed E-state index contributed by atoms with van der Waals surface area (Å²) >= 11 is 3.41. The molecule has 0 spiro atoms. The molecule has 0 bridgehead atoms. The van der Waals surface area contributed by atoms with Gasteiger partial charge < -0.3 is 9.84 Å². The minimum atomic E-state index is -3.82. The Morgan fingerprint density at radius 1 is 1.10 bits per heavy atom. The summed E-state index contributed by atoms with van der Waals surface area (Å²) in [5, 5.41) is 8.94. The van der Waals surface area contributed by atoms with Gasteiger partial charge in [0.1, 0.15) is 11.6 Å². The number of sulfonamides is 1. The third-order valence-electron chi connectivity index (χ3n) is 4.46. The van der Waals surface area contributed by atoms with E-state index >= 15 is 0 Å². The highest BCUT2D eigenvalue weighted by Gasteiger charge is 2.21. The maximum atomic E-state index is 13.1. The number of nitrogens with zero attached hydrogens (tertiary/aromatic N) is 1. The zero-order valence-corrected chi connectivity index (χ0v) is 18.9. The maximum Gasteiger partial charge on any atom is 0.341 e. The molecular formula is C22H19BrFNO5S. The molecule has 0 aliphatic rings. The Hall–Kier alpha value is -2.75. The second-order valence-corrected chi connectivity index (χ2v) is 9.70. The van der Waals surface area contributed by atoms with Gasteiger partial charge in [-0.25, -0.2) is 17.6 Å². The fraction of sp³-hybridized carbons (Fsp3) is 0.136. The first kappa shape index (κ1) is 22.9. The monoisotopic (exact) mass is 507 g/mol. The smallest absolute Gasteiger partial charge is 0.341 e. The summed E-state index contributed by atoms with van der Waals surface area (Å²) in [5.74, 6) is -1.25. The number of carboxylic acids is 1. The molecule has 0 heterocycles. The van der Waals surface area contributed by atoms with Crippen LogP contribution in [0.5, 0.6) is 5.75 Å². The van der Waals surface area contributed by atoms with E-state index in [1.165, 1.54) is 19.2 Å². The minimum absolute atomic E-state index is 0.00924. The zero-order chi connectivity index (χ0) is 22.6. The Bertz CT molecular complexity index is 1200. The van der Waals surface area contributed by atoms with E-state index in [0.29, 0.717) is 16.9 Å². The van der Waals surface area contributed by atoms with Crippen LogP contribution in [0.15, 0.2) is 76.1 Å². The van der Waals surface area contributed by atoms with Gasteiger partial charge in [-0.1, -0.05) is 34.1 Å². The predicted octanol–water partition coefficient (Wildman–Crippen LogP) is 4.54. The quantitative estimate of drug-likeness (QED) is 0.483. The van der Waals surface area contributed by atoms with Crippen molar-refractivity contribution in [1.29, 1.82) is 0 Å². The van der Waals surface area contributed by atoms with Crippen molar-refractivity contribution in [1.82, 2.24) is 4.31 Å². The molecule has 0 fully saturated rings. The van der Waals surface area contributed by atoms with Crippen LogP contribution in [-0.4, -0.2) is 37.5 Å². The normalized spacial score (nSPS) is 11.5. The molecule has 3 rings (SSSR count). The van der Waals surface area contributed by atoms with E-state index in [1.807, 2.05) is 24.3 Å². The van der Waals surface area contributed by atoms with Gasteiger partial charge >= 0.3 is 5.97 Å². The van der Waals surface area contributed by atoms with Crippen LogP contribution in [0, 0.1) is 5.82 Å². The van der Waals surface area contributed by atoms with Gasteiger partial charge in [0.15, 0.2) is 6.61 Å². The van der Waals surface area contributed by atoms with Crippen molar-refractivity contribution in [2.75, 3.05) is 13.7 Å². The molecule has 0 aliphatic heterocycles. The number of carboxylic acid groups (broad SMARTS) is 1. The highest BCUT2D eigenvalue weighted by molar-refractivity contribution is 9.10. The van der Waals surface area contributed by atoms with E-state index in [1.54, 1.807) is 18.2 Å². The Morgan fingerprint density at radius 3 is 2.45 bits per heavy atom. The lowest BCUT2D eigenvalue weighted by molar-refractivity contribution is -0.139. The molecule has 3 aromatic carbocycles. The third kappa shape index (κ3) is 5.69. The Kier molecular flexibility index (Phi) is 7.09. The lowest BCUT2D eigenvalue weighted by Gasteiger charge is -2.19. The molecule has 0 atom stereocenters. The Labute approximate surface area is 188 Å². The molecule has 1 N–H and O–H groups in total. The summed E-state index contributed by atoms with van der Waals surface area (Å²) in [6.45, 7) is -0.445. The summed E-state index contributed by atoms with van der Waals surface area (Å²) in [7, 11) is -2.38. The fourth-order valence-electron chi connectivity index (χ4n) is 2.95. The zero-order valence-electron chi connectivity index (χ0n) is 16.5. The largest absolute Gasteiger partial charge is 0.481 e. The molecule has 0 aliphatic carbocycles. The average Bonchev–Trinajstić information content (AvgIpc) is 2.73. The number of aliphatic carboxylic acids is 1. The first-order valence-electron chi connectivity index (χ1n) is 9.12. The Balaban J connectivity index is 1.93. The number of hydrogen-bond donors (Lipinski definition) is 1. The topological polar surface area (TPSA) is 83.9 Å². The number of halogens is 2. The standard InChI is InChI=1S/C22H19BrFNO5S/c1-25(31(28,29)19-8-6-18(24)7-9-19)13-15-5-10-21(30-14-22(26)27)20(11-15)16-3-2-4-17(23)12-16/h2-12H,13-14H2,1H3,(H,26,27). The second kappa shape index (κ2) is 9.59. The van der Waals surface area contributed by atoms with Crippen LogP contribution in [0.3, 0.4) is 0 Å². The van der Waals surface area contributed by atoms with E-state index in [-0.39, 0.29) is 11.4 Å². The predicted molar refractivity (Wildman–Crippen MR) is 118 cm³/mol. The second-order valence-electron chi connectivity index (χ2n) is 6.74.